The molecule has 11 heteroatoms. The second-order valence-electron chi connectivity index (χ2n) is 5.24. The molecule has 2 amide bonds. The lowest BCUT2D eigenvalue weighted by Crippen LogP contribution is -2.73. The first-order chi connectivity index (χ1) is 11.5. The molecule has 1 heterocycles. The molecule has 0 unspecified atom stereocenters. The van der Waals surface area contributed by atoms with E-state index < -0.39 is 35.9 Å². The average molecular weight is 401 g/mol. The van der Waals surface area contributed by atoms with E-state index in [1.165, 1.54) is 30.4 Å². The molecule has 0 aromatic heterocycles. The number of benzene rings is 1. The van der Waals surface area contributed by atoms with Crippen LogP contribution in [0.25, 0.3) is 0 Å². The van der Waals surface area contributed by atoms with Crippen molar-refractivity contribution in [1.82, 2.24) is 10.6 Å². The second-order valence-corrected chi connectivity index (χ2v) is 6.08. The maximum Gasteiger partial charge on any atom is 0.437 e. The Morgan fingerprint density at radius 2 is 2.04 bits per heavy atom. The van der Waals surface area contributed by atoms with E-state index in [2.05, 4.69) is 10.1 Å². The highest BCUT2D eigenvalue weighted by atomic mass is 35.5. The summed E-state index contributed by atoms with van der Waals surface area (Å²) >= 11 is 11.8. The Bertz CT molecular complexity index is 701. The summed E-state index contributed by atoms with van der Waals surface area (Å²) in [5, 5.41) is 13.8. The van der Waals surface area contributed by atoms with Crippen molar-refractivity contribution >= 4 is 35.2 Å². The lowest BCUT2D eigenvalue weighted by molar-refractivity contribution is -0.294. The number of rotatable bonds is 3. The first-order valence-electron chi connectivity index (χ1n) is 7.00. The lowest BCUT2D eigenvalue weighted by atomic mass is 9.82. The number of ether oxygens (including phenoxy) is 1. The second kappa shape index (κ2) is 6.89. The zero-order chi connectivity index (χ0) is 19.0. The number of aliphatic hydroxyl groups is 1. The van der Waals surface area contributed by atoms with E-state index >= 15 is 0 Å². The fourth-order valence-corrected chi connectivity index (χ4v) is 3.08. The van der Waals surface area contributed by atoms with Gasteiger partial charge >= 0.3 is 18.2 Å². The summed E-state index contributed by atoms with van der Waals surface area (Å²) in [7, 11) is 0. The molecule has 0 radical (unpaired) electrons. The number of carbonyl (C=O) groups excluding carboxylic acids is 2. The van der Waals surface area contributed by atoms with Crippen molar-refractivity contribution in [3.05, 3.63) is 33.8 Å². The SMILES string of the molecule is CCOC(=O)[C@H]1[C@H](c2ccc(Cl)cc2Cl)NC(=O)N[C@]1(O)C(F)(F)F. The summed E-state index contributed by atoms with van der Waals surface area (Å²) in [5.74, 6) is -3.59. The molecule has 3 atom stereocenters. The van der Waals surface area contributed by atoms with Gasteiger partial charge in [-0.25, -0.2) is 4.79 Å². The maximum absolute atomic E-state index is 13.4. The summed E-state index contributed by atoms with van der Waals surface area (Å²) < 4.78 is 45.0. The van der Waals surface area contributed by atoms with Gasteiger partial charge < -0.3 is 20.5 Å². The van der Waals surface area contributed by atoms with Crippen molar-refractivity contribution in [2.24, 2.45) is 5.92 Å². The minimum atomic E-state index is -5.35. The van der Waals surface area contributed by atoms with Gasteiger partial charge in [-0.1, -0.05) is 29.3 Å². The fourth-order valence-electron chi connectivity index (χ4n) is 2.55. The van der Waals surface area contributed by atoms with Crippen molar-refractivity contribution in [2.75, 3.05) is 6.61 Å². The Morgan fingerprint density at radius 1 is 1.40 bits per heavy atom. The molecule has 3 N–H and O–H groups in total. The van der Waals surface area contributed by atoms with E-state index in [0.29, 0.717) is 0 Å². The molecule has 6 nitrogen and oxygen atoms in total. The van der Waals surface area contributed by atoms with Gasteiger partial charge in [-0.2, -0.15) is 13.2 Å². The quantitative estimate of drug-likeness (QED) is 0.680. The molecule has 0 spiro atoms. The van der Waals surface area contributed by atoms with E-state index in [1.54, 1.807) is 0 Å². The number of nitrogens with one attached hydrogen (secondary N) is 2. The Hall–Kier alpha value is -1.71. The third-order valence-corrected chi connectivity index (χ3v) is 4.21. The van der Waals surface area contributed by atoms with Crippen LogP contribution >= 0.6 is 23.2 Å². The van der Waals surface area contributed by atoms with Crippen molar-refractivity contribution in [3.63, 3.8) is 0 Å². The van der Waals surface area contributed by atoms with Crippen LogP contribution in [-0.2, 0) is 9.53 Å². The number of urea groups is 1. The normalized spacial score (nSPS) is 26.6. The summed E-state index contributed by atoms with van der Waals surface area (Å²) in [6, 6.07) is 0.901. The van der Waals surface area contributed by atoms with Crippen LogP contribution in [0.15, 0.2) is 18.2 Å². The van der Waals surface area contributed by atoms with E-state index in [4.69, 9.17) is 23.2 Å². The number of amides is 2. The molecule has 1 fully saturated rings. The van der Waals surface area contributed by atoms with E-state index in [1.807, 2.05) is 0 Å². The standard InChI is InChI=1S/C14H13Cl2F3N2O4/c1-2-25-11(22)9-10(7-4-3-6(15)5-8(7)16)20-12(23)21-13(9,24)14(17,18)19/h3-5,9-10,24H,2H2,1H3,(H2,20,21,23)/t9-,10+,13-/m1/s1. The first kappa shape index (κ1) is 19.6. The minimum absolute atomic E-state index is 0.0263. The van der Waals surface area contributed by atoms with Gasteiger partial charge in [-0.3, -0.25) is 4.79 Å². The predicted molar refractivity (Wildman–Crippen MR) is 82.0 cm³/mol. The molecule has 1 aromatic rings. The van der Waals surface area contributed by atoms with Crippen molar-refractivity contribution < 1.29 is 32.6 Å². The third-order valence-electron chi connectivity index (χ3n) is 3.64. The van der Waals surface area contributed by atoms with Crippen molar-refractivity contribution in [3.8, 4) is 0 Å². The van der Waals surface area contributed by atoms with Crippen LogP contribution in [0.3, 0.4) is 0 Å². The Morgan fingerprint density at radius 3 is 2.56 bits per heavy atom. The zero-order valence-electron chi connectivity index (χ0n) is 12.7. The molecule has 0 saturated carbocycles. The molecular formula is C14H13Cl2F3N2O4. The number of alkyl halides is 3. The Labute approximate surface area is 150 Å². The van der Waals surface area contributed by atoms with Gasteiger partial charge in [-0.15, -0.1) is 0 Å². The zero-order valence-corrected chi connectivity index (χ0v) is 14.2. The molecular weight excluding hydrogens is 388 g/mol. The highest BCUT2D eigenvalue weighted by Crippen LogP contribution is 2.44. The smallest absolute Gasteiger partial charge is 0.437 e. The van der Waals surface area contributed by atoms with Gasteiger partial charge in [0.2, 0.25) is 0 Å². The summed E-state index contributed by atoms with van der Waals surface area (Å²) in [4.78, 5) is 23.9. The Kier molecular flexibility index (Phi) is 5.41. The largest absolute Gasteiger partial charge is 0.466 e. The van der Waals surface area contributed by atoms with Gasteiger partial charge in [0.1, 0.15) is 5.92 Å². The molecule has 1 aromatic carbocycles. The van der Waals surface area contributed by atoms with Crippen molar-refractivity contribution in [2.45, 2.75) is 24.9 Å². The summed E-state index contributed by atoms with van der Waals surface area (Å²) in [6.07, 6.45) is -5.35. The van der Waals surface area contributed by atoms with Crippen LogP contribution in [0, 0.1) is 5.92 Å². The monoisotopic (exact) mass is 400 g/mol. The Balaban J connectivity index is 2.61. The minimum Gasteiger partial charge on any atom is -0.466 e. The topological polar surface area (TPSA) is 87.7 Å². The molecule has 138 valence electrons. The van der Waals surface area contributed by atoms with Gasteiger partial charge in [0, 0.05) is 10.0 Å². The average Bonchev–Trinajstić information content (AvgIpc) is 2.45. The molecule has 25 heavy (non-hydrogen) atoms. The number of esters is 1. The first-order valence-corrected chi connectivity index (χ1v) is 7.76. The molecule has 1 aliphatic rings. The fraction of sp³-hybridized carbons (Fsp3) is 0.429. The van der Waals surface area contributed by atoms with Gasteiger partial charge in [-0.05, 0) is 24.6 Å². The van der Waals surface area contributed by atoms with E-state index in [0.717, 1.165) is 0 Å². The van der Waals surface area contributed by atoms with Crippen LogP contribution < -0.4 is 10.6 Å². The summed E-state index contributed by atoms with van der Waals surface area (Å²) in [5.41, 5.74) is -3.86. The summed E-state index contributed by atoms with van der Waals surface area (Å²) in [6.45, 7) is 1.17. The third kappa shape index (κ3) is 3.63. The highest BCUT2D eigenvalue weighted by Gasteiger charge is 2.67. The van der Waals surface area contributed by atoms with E-state index in [9.17, 15) is 27.9 Å². The van der Waals surface area contributed by atoms with Crippen LogP contribution in [0.5, 0.6) is 0 Å². The lowest BCUT2D eigenvalue weighted by Gasteiger charge is -2.44. The van der Waals surface area contributed by atoms with Gasteiger partial charge in [0.15, 0.2) is 0 Å². The van der Waals surface area contributed by atoms with E-state index in [-0.39, 0.29) is 22.2 Å². The number of hydrogen-bond donors (Lipinski definition) is 3. The maximum atomic E-state index is 13.4. The van der Waals surface area contributed by atoms with Crippen LogP contribution in [0.1, 0.15) is 18.5 Å². The van der Waals surface area contributed by atoms with Crippen LogP contribution in [0.2, 0.25) is 10.0 Å². The number of hydrogen-bond acceptors (Lipinski definition) is 4. The van der Waals surface area contributed by atoms with Crippen LogP contribution in [0.4, 0.5) is 18.0 Å². The number of carbonyl (C=O) groups is 2. The molecule has 2 rings (SSSR count). The number of halogens is 5. The van der Waals surface area contributed by atoms with Gasteiger partial charge in [0.05, 0.1) is 12.6 Å². The van der Waals surface area contributed by atoms with Crippen LogP contribution in [-0.4, -0.2) is 35.6 Å². The van der Waals surface area contributed by atoms with Crippen molar-refractivity contribution in [1.29, 1.82) is 0 Å². The van der Waals surface area contributed by atoms with Gasteiger partial charge in [0.25, 0.3) is 5.72 Å². The molecule has 1 saturated heterocycles. The predicted octanol–water partition coefficient (Wildman–Crippen LogP) is 2.78. The highest BCUT2D eigenvalue weighted by molar-refractivity contribution is 6.35. The molecule has 0 aliphatic carbocycles. The molecule has 1 aliphatic heterocycles. The molecule has 0 bridgehead atoms.